The van der Waals surface area contributed by atoms with Crippen LogP contribution in [0.25, 0.3) is 0 Å². The lowest BCUT2D eigenvalue weighted by atomic mass is 10.2. The predicted octanol–water partition coefficient (Wildman–Crippen LogP) is 2.86. The van der Waals surface area contributed by atoms with Crippen LogP contribution < -0.4 is 0 Å². The normalized spacial score (nSPS) is 10.4. The molecule has 0 bridgehead atoms. The van der Waals surface area contributed by atoms with Crippen molar-refractivity contribution in [2.45, 2.75) is 13.1 Å². The molecule has 0 fully saturated rings. The summed E-state index contributed by atoms with van der Waals surface area (Å²) in [5, 5.41) is 10.7. The number of nitrogens with zero attached hydrogens (tertiary/aromatic N) is 1. The molecule has 0 unspecified atom stereocenters. The van der Waals surface area contributed by atoms with E-state index in [0.717, 1.165) is 24.2 Å². The van der Waals surface area contributed by atoms with Gasteiger partial charge in [-0.15, -0.1) is 11.3 Å². The summed E-state index contributed by atoms with van der Waals surface area (Å²) in [5.41, 5.74) is 2.04. The number of halogens is 1. The van der Waals surface area contributed by atoms with E-state index in [2.05, 4.69) is 16.7 Å². The Kier molecular flexibility index (Phi) is 5.31. The third-order valence-corrected chi connectivity index (χ3v) is 3.73. The second kappa shape index (κ2) is 7.20. The van der Waals surface area contributed by atoms with E-state index in [1.165, 1.54) is 17.0 Å². The molecular weight excluding hydrogens is 273 g/mol. The number of thiophene rings is 1. The fraction of sp³-hybridized carbons (Fsp3) is 0.250. The van der Waals surface area contributed by atoms with Crippen molar-refractivity contribution in [1.29, 1.82) is 0 Å². The van der Waals surface area contributed by atoms with Crippen LogP contribution in [0.3, 0.4) is 0 Å². The first kappa shape index (κ1) is 14.7. The largest absolute Gasteiger partial charge is 0.384 e. The second-order valence-corrected chi connectivity index (χ2v) is 5.52. The summed E-state index contributed by atoms with van der Waals surface area (Å²) >= 11 is 1.66. The van der Waals surface area contributed by atoms with Gasteiger partial charge in [0.25, 0.3) is 0 Å². The smallest absolute Gasteiger partial charge is 0.123 e. The number of aliphatic hydroxyl groups is 1. The molecule has 1 aromatic heterocycles. The highest BCUT2D eigenvalue weighted by Gasteiger charge is 2.07. The zero-order valence-corrected chi connectivity index (χ0v) is 12.1. The molecule has 0 spiro atoms. The van der Waals surface area contributed by atoms with Gasteiger partial charge in [0.1, 0.15) is 12.4 Å². The molecule has 2 aromatic rings. The predicted molar refractivity (Wildman–Crippen MR) is 79.9 cm³/mol. The van der Waals surface area contributed by atoms with Gasteiger partial charge in [0.05, 0.1) is 0 Å². The molecule has 4 heteroatoms. The van der Waals surface area contributed by atoms with Gasteiger partial charge in [-0.1, -0.05) is 24.0 Å². The topological polar surface area (TPSA) is 23.5 Å². The minimum atomic E-state index is -0.212. The third kappa shape index (κ3) is 4.17. The fourth-order valence-electron chi connectivity index (χ4n) is 1.91. The SMILES string of the molecule is CN(Cc1ccc(F)cc1)Cc1sccc1C#CCO. The maximum Gasteiger partial charge on any atom is 0.123 e. The van der Waals surface area contributed by atoms with Gasteiger partial charge in [-0.3, -0.25) is 4.90 Å². The summed E-state index contributed by atoms with van der Waals surface area (Å²) in [5.74, 6) is 5.41. The lowest BCUT2D eigenvalue weighted by Crippen LogP contribution is -2.17. The highest BCUT2D eigenvalue weighted by atomic mass is 32.1. The van der Waals surface area contributed by atoms with Crippen molar-refractivity contribution in [3.05, 3.63) is 57.5 Å². The average molecular weight is 289 g/mol. The van der Waals surface area contributed by atoms with Crippen LogP contribution in [-0.2, 0) is 13.1 Å². The van der Waals surface area contributed by atoms with Crippen LogP contribution in [0.5, 0.6) is 0 Å². The molecule has 0 radical (unpaired) electrons. The van der Waals surface area contributed by atoms with Gasteiger partial charge in [-0.05, 0) is 36.2 Å². The lowest BCUT2D eigenvalue weighted by molar-refractivity contribution is 0.321. The Morgan fingerprint density at radius 1 is 1.20 bits per heavy atom. The Hall–Kier alpha value is -1.67. The van der Waals surface area contributed by atoms with Gasteiger partial charge < -0.3 is 5.11 Å². The maximum atomic E-state index is 12.9. The molecule has 0 aliphatic carbocycles. The number of hydrogen-bond donors (Lipinski definition) is 1. The van der Waals surface area contributed by atoms with Gasteiger partial charge in [0, 0.05) is 23.5 Å². The molecule has 2 nitrogen and oxygen atoms in total. The highest BCUT2D eigenvalue weighted by molar-refractivity contribution is 7.10. The quantitative estimate of drug-likeness (QED) is 0.875. The van der Waals surface area contributed by atoms with Crippen LogP contribution in [0.4, 0.5) is 4.39 Å². The van der Waals surface area contributed by atoms with Crippen LogP contribution in [0, 0.1) is 17.7 Å². The first-order valence-electron chi connectivity index (χ1n) is 6.28. The van der Waals surface area contributed by atoms with Crippen molar-refractivity contribution >= 4 is 11.3 Å². The van der Waals surface area contributed by atoms with Crippen molar-refractivity contribution in [2.24, 2.45) is 0 Å². The zero-order chi connectivity index (χ0) is 14.4. The molecule has 1 heterocycles. The number of rotatable bonds is 4. The van der Waals surface area contributed by atoms with E-state index >= 15 is 0 Å². The summed E-state index contributed by atoms with van der Waals surface area (Å²) in [6.45, 7) is 1.41. The summed E-state index contributed by atoms with van der Waals surface area (Å²) in [7, 11) is 2.02. The Bertz CT molecular complexity index is 609. The molecular formula is C16H16FNOS. The minimum absolute atomic E-state index is 0.124. The fourth-order valence-corrected chi connectivity index (χ4v) is 2.82. The van der Waals surface area contributed by atoms with E-state index < -0.39 is 0 Å². The summed E-state index contributed by atoms with van der Waals surface area (Å²) in [6.07, 6.45) is 0. The molecule has 20 heavy (non-hydrogen) atoms. The van der Waals surface area contributed by atoms with Crippen molar-refractivity contribution in [2.75, 3.05) is 13.7 Å². The summed E-state index contributed by atoms with van der Waals surface area (Å²) in [6, 6.07) is 8.52. The van der Waals surface area contributed by atoms with Crippen LogP contribution in [0.1, 0.15) is 16.0 Å². The molecule has 0 amide bonds. The van der Waals surface area contributed by atoms with Crippen molar-refractivity contribution in [3.8, 4) is 11.8 Å². The van der Waals surface area contributed by atoms with Crippen LogP contribution in [0.15, 0.2) is 35.7 Å². The highest BCUT2D eigenvalue weighted by Crippen LogP contribution is 2.18. The van der Waals surface area contributed by atoms with E-state index in [-0.39, 0.29) is 12.4 Å². The van der Waals surface area contributed by atoms with Crippen molar-refractivity contribution in [1.82, 2.24) is 4.90 Å². The van der Waals surface area contributed by atoms with Crippen LogP contribution in [0.2, 0.25) is 0 Å². The Balaban J connectivity index is 1.99. The van der Waals surface area contributed by atoms with E-state index in [4.69, 9.17) is 5.11 Å². The molecule has 2 rings (SSSR count). The first-order chi connectivity index (χ1) is 9.69. The first-order valence-corrected chi connectivity index (χ1v) is 7.16. The second-order valence-electron chi connectivity index (χ2n) is 4.52. The van der Waals surface area contributed by atoms with Crippen LogP contribution >= 0.6 is 11.3 Å². The minimum Gasteiger partial charge on any atom is -0.384 e. The average Bonchev–Trinajstić information content (AvgIpc) is 2.86. The Morgan fingerprint density at radius 2 is 1.95 bits per heavy atom. The van der Waals surface area contributed by atoms with Gasteiger partial charge in [-0.2, -0.15) is 0 Å². The summed E-state index contributed by atoms with van der Waals surface area (Å²) < 4.78 is 12.9. The van der Waals surface area contributed by atoms with E-state index in [1.807, 2.05) is 18.5 Å². The van der Waals surface area contributed by atoms with E-state index in [9.17, 15) is 4.39 Å². The van der Waals surface area contributed by atoms with Gasteiger partial charge in [0.15, 0.2) is 0 Å². The molecule has 104 valence electrons. The van der Waals surface area contributed by atoms with Crippen molar-refractivity contribution < 1.29 is 9.50 Å². The lowest BCUT2D eigenvalue weighted by Gasteiger charge is -2.16. The zero-order valence-electron chi connectivity index (χ0n) is 11.3. The van der Waals surface area contributed by atoms with Crippen molar-refractivity contribution in [3.63, 3.8) is 0 Å². The van der Waals surface area contributed by atoms with Gasteiger partial charge in [0.2, 0.25) is 0 Å². The number of benzene rings is 1. The molecule has 0 atom stereocenters. The molecule has 0 saturated carbocycles. The third-order valence-electron chi connectivity index (χ3n) is 2.83. The van der Waals surface area contributed by atoms with Crippen LogP contribution in [-0.4, -0.2) is 23.7 Å². The molecule has 0 saturated heterocycles. The monoisotopic (exact) mass is 289 g/mol. The number of hydrogen-bond acceptors (Lipinski definition) is 3. The summed E-state index contributed by atoms with van der Waals surface area (Å²) in [4.78, 5) is 3.33. The standard InChI is InChI=1S/C16H16FNOS/c1-18(11-13-4-6-15(17)7-5-13)12-16-14(3-2-9-19)8-10-20-16/h4-8,10,19H,9,11-12H2,1H3. The molecule has 1 aromatic carbocycles. The Morgan fingerprint density at radius 3 is 2.65 bits per heavy atom. The van der Waals surface area contributed by atoms with Gasteiger partial charge in [-0.25, -0.2) is 4.39 Å². The molecule has 0 aliphatic rings. The van der Waals surface area contributed by atoms with Gasteiger partial charge >= 0.3 is 0 Å². The maximum absolute atomic E-state index is 12.9. The number of aliphatic hydroxyl groups excluding tert-OH is 1. The molecule has 0 aliphatic heterocycles. The van der Waals surface area contributed by atoms with E-state index in [1.54, 1.807) is 23.5 Å². The Labute approximate surface area is 122 Å². The van der Waals surface area contributed by atoms with E-state index in [0.29, 0.717) is 0 Å². The molecule has 1 N–H and O–H groups in total.